The maximum absolute atomic E-state index is 7.43. The van der Waals surface area contributed by atoms with Gasteiger partial charge in [-0.15, -0.1) is 0 Å². The highest BCUT2D eigenvalue weighted by molar-refractivity contribution is 7.17. The lowest BCUT2D eigenvalue weighted by Crippen LogP contribution is -2.79. The van der Waals surface area contributed by atoms with Crippen LogP contribution < -0.4 is 51.7 Å². The van der Waals surface area contributed by atoms with Crippen molar-refractivity contribution in [3.8, 4) is 90.5 Å². The normalized spacial score (nSPS) is 13.1. The molecule has 0 fully saturated rings. The summed E-state index contributed by atoms with van der Waals surface area (Å²) in [6, 6.07) is 60.1. The van der Waals surface area contributed by atoms with Crippen LogP contribution in [0.5, 0.6) is 46.0 Å². The van der Waals surface area contributed by atoms with Crippen LogP contribution in [-0.2, 0) is 0 Å². The molecule has 90 heavy (non-hydrogen) atoms. The van der Waals surface area contributed by atoms with E-state index in [9.17, 15) is 0 Å². The predicted molar refractivity (Wildman–Crippen MR) is 379 cm³/mol. The molecule has 5 heterocycles. The van der Waals surface area contributed by atoms with Crippen LogP contribution in [-0.4, -0.2) is 13.4 Å². The third kappa shape index (κ3) is 6.63. The van der Waals surface area contributed by atoms with E-state index in [2.05, 4.69) is 241 Å². The van der Waals surface area contributed by atoms with Gasteiger partial charge < -0.3 is 18.9 Å². The SMILES string of the molecule is Cc1cc(C)c(Oc2ccc3c4c5c6c(ccc(Oc7c(C)cc(C)cc7C)c6cc24)-c2c4c6c(c7ccccc27)-c2ccc(Oc7c(C)cc(C)cc7C)c7cc8c(Oc9c(C)cc(C)cc9C)ccc9c8c(c27)B6c2c(c-3c3ccccc3c2-9)B45)c(C)c1. The Morgan fingerprint density at radius 2 is 0.433 bits per heavy atom. The third-order valence-corrected chi connectivity index (χ3v) is 21.1. The van der Waals surface area contributed by atoms with Gasteiger partial charge in [0.05, 0.1) is 0 Å². The molecular formula is C84H62B2O4. The highest BCUT2D eigenvalue weighted by atomic mass is 16.5. The fraction of sp³-hybridized carbons (Fsp3) is 0.143. The van der Waals surface area contributed by atoms with Gasteiger partial charge in [-0.05, 0) is 252 Å². The molecule has 14 aromatic carbocycles. The average Bonchev–Trinajstić information content (AvgIpc) is 0.641. The van der Waals surface area contributed by atoms with Crippen molar-refractivity contribution >= 4 is 111 Å². The molecule has 6 heteroatoms. The third-order valence-electron chi connectivity index (χ3n) is 21.1. The molecule has 5 aliphatic heterocycles. The smallest absolute Gasteiger partial charge is 0.243 e. The van der Waals surface area contributed by atoms with Crippen molar-refractivity contribution in [1.29, 1.82) is 0 Å². The number of aryl methyl sites for hydroxylation is 12. The second-order valence-corrected chi connectivity index (χ2v) is 27.1. The van der Waals surface area contributed by atoms with Crippen LogP contribution in [0.1, 0.15) is 66.8 Å². The van der Waals surface area contributed by atoms with Crippen LogP contribution in [0.25, 0.3) is 109 Å². The first-order chi connectivity index (χ1) is 43.6. The molecule has 0 radical (unpaired) electrons. The first-order valence-electron chi connectivity index (χ1n) is 31.9. The summed E-state index contributed by atoms with van der Waals surface area (Å²) >= 11 is 0. The molecule has 0 saturated carbocycles. The zero-order valence-corrected chi connectivity index (χ0v) is 52.8. The summed E-state index contributed by atoms with van der Waals surface area (Å²) in [5, 5.41) is 14.4. The Bertz CT molecular complexity index is 5030. The molecule has 0 aliphatic carbocycles. The Morgan fingerprint density at radius 1 is 0.222 bits per heavy atom. The van der Waals surface area contributed by atoms with E-state index in [4.69, 9.17) is 18.9 Å². The maximum Gasteiger partial charge on any atom is 0.243 e. The summed E-state index contributed by atoms with van der Waals surface area (Å²) in [7, 11) is 0. The summed E-state index contributed by atoms with van der Waals surface area (Å²) in [5.74, 6) is 6.96. The Hall–Kier alpha value is -10.0. The average molecular weight is 1160 g/mol. The number of benzene rings is 14. The number of hydrogen-bond donors (Lipinski definition) is 0. The summed E-state index contributed by atoms with van der Waals surface area (Å²) in [6.45, 7) is 25.8. The van der Waals surface area contributed by atoms with Crippen LogP contribution >= 0.6 is 0 Å². The lowest BCUT2D eigenvalue weighted by atomic mass is 9.16. The van der Waals surface area contributed by atoms with Gasteiger partial charge in [-0.1, -0.05) is 176 Å². The Balaban J connectivity index is 1.01. The van der Waals surface area contributed by atoms with Gasteiger partial charge in [0.2, 0.25) is 13.4 Å². The number of hydrogen-bond acceptors (Lipinski definition) is 4. The van der Waals surface area contributed by atoms with Crippen molar-refractivity contribution in [3.05, 3.63) is 224 Å². The standard InChI is InChI=1S/C84H62B2O4/c1-39-29-43(5)81(44(6)30-39)87-63-25-21-55-67-51-17-13-14-18-52(51)69-57-23-27-65(89-83-47(9)33-41(3)34-48(83)10)61-38-62-66(90-84-49(11)35-42(4)36-50(84)12)28-24-58-70-54-20-16-15-19-53(54)68-56-22-26-64(88-82-45(7)31-40(2)32-46(82)8)60-37-59(63)71(55)75(72(56)60)85-77(67)79(69)86(80(70)78(68)85)76(73(57)61)74(58)62/h13-38H,1-12H3. The Labute approximate surface area is 524 Å². The van der Waals surface area contributed by atoms with Gasteiger partial charge >= 0.3 is 0 Å². The lowest BCUT2D eigenvalue weighted by Gasteiger charge is -2.47. The van der Waals surface area contributed by atoms with Crippen LogP contribution in [0.4, 0.5) is 0 Å². The van der Waals surface area contributed by atoms with Crippen molar-refractivity contribution in [2.45, 2.75) is 83.1 Å². The van der Waals surface area contributed by atoms with Gasteiger partial charge in [0.15, 0.2) is 0 Å². The van der Waals surface area contributed by atoms with Gasteiger partial charge in [-0.25, -0.2) is 0 Å². The fourth-order valence-electron chi connectivity index (χ4n) is 18.4. The molecule has 0 unspecified atom stereocenters. The predicted octanol–water partition coefficient (Wildman–Crippen LogP) is 18.7. The number of rotatable bonds is 8. The molecule has 0 aromatic heterocycles. The minimum atomic E-state index is -0.145. The van der Waals surface area contributed by atoms with E-state index in [-0.39, 0.29) is 13.4 Å². The zero-order valence-electron chi connectivity index (χ0n) is 52.8. The van der Waals surface area contributed by atoms with E-state index in [0.717, 1.165) is 112 Å². The minimum absolute atomic E-state index is 0.145. The molecule has 0 N–H and O–H groups in total. The van der Waals surface area contributed by atoms with Gasteiger partial charge in [-0.3, -0.25) is 0 Å². The molecule has 19 rings (SSSR count). The summed E-state index contributed by atoms with van der Waals surface area (Å²) in [5.41, 5.74) is 32.4. The molecular weight excluding hydrogens is 1090 g/mol. The molecule has 4 nitrogen and oxygen atoms in total. The van der Waals surface area contributed by atoms with Gasteiger partial charge in [0.25, 0.3) is 0 Å². The van der Waals surface area contributed by atoms with Crippen LogP contribution in [0.3, 0.4) is 0 Å². The van der Waals surface area contributed by atoms with Crippen LogP contribution in [0, 0.1) is 83.1 Å². The highest BCUT2D eigenvalue weighted by Crippen LogP contribution is 2.55. The Kier molecular flexibility index (Phi) is 10.3. The highest BCUT2D eigenvalue weighted by Gasteiger charge is 2.54. The van der Waals surface area contributed by atoms with E-state index >= 15 is 0 Å². The second-order valence-electron chi connectivity index (χ2n) is 27.1. The summed E-state index contributed by atoms with van der Waals surface area (Å²) in [4.78, 5) is 0. The topological polar surface area (TPSA) is 36.9 Å². The van der Waals surface area contributed by atoms with E-state index in [0.29, 0.717) is 0 Å². The quantitative estimate of drug-likeness (QED) is 0.112. The first kappa shape index (κ1) is 52.0. The van der Waals surface area contributed by atoms with Crippen molar-refractivity contribution in [3.63, 3.8) is 0 Å². The molecule has 0 saturated heterocycles. The molecule has 0 atom stereocenters. The lowest BCUT2D eigenvalue weighted by molar-refractivity contribution is 0.479. The fourth-order valence-corrected chi connectivity index (χ4v) is 18.4. The van der Waals surface area contributed by atoms with Crippen molar-refractivity contribution in [1.82, 2.24) is 0 Å². The number of ether oxygens (including phenoxy) is 4. The molecule has 14 aromatic rings. The molecule has 428 valence electrons. The minimum Gasteiger partial charge on any atom is -0.456 e. The largest absolute Gasteiger partial charge is 0.456 e. The van der Waals surface area contributed by atoms with Gasteiger partial charge in [-0.2, -0.15) is 0 Å². The van der Waals surface area contributed by atoms with Crippen molar-refractivity contribution < 1.29 is 18.9 Å². The summed E-state index contributed by atoms with van der Waals surface area (Å²) in [6.07, 6.45) is 0. The molecule has 0 bridgehead atoms. The molecule has 0 spiro atoms. The Morgan fingerprint density at radius 3 is 0.644 bits per heavy atom. The monoisotopic (exact) mass is 1160 g/mol. The van der Waals surface area contributed by atoms with Gasteiger partial charge in [0.1, 0.15) is 46.0 Å². The number of fused-ring (bicyclic) bond motifs is 10. The van der Waals surface area contributed by atoms with E-state index in [1.807, 2.05) is 0 Å². The van der Waals surface area contributed by atoms with E-state index < -0.39 is 0 Å². The molecule has 0 amide bonds. The first-order valence-corrected chi connectivity index (χ1v) is 31.9. The van der Waals surface area contributed by atoms with E-state index in [1.54, 1.807) is 0 Å². The van der Waals surface area contributed by atoms with E-state index in [1.165, 1.54) is 143 Å². The maximum atomic E-state index is 7.43. The molecule has 5 aliphatic rings. The van der Waals surface area contributed by atoms with Gasteiger partial charge in [0, 0.05) is 21.5 Å². The van der Waals surface area contributed by atoms with Crippen LogP contribution in [0.15, 0.2) is 158 Å². The van der Waals surface area contributed by atoms with Crippen molar-refractivity contribution in [2.24, 2.45) is 0 Å². The summed E-state index contributed by atoms with van der Waals surface area (Å²) < 4.78 is 29.7. The van der Waals surface area contributed by atoms with Crippen molar-refractivity contribution in [2.75, 3.05) is 0 Å². The van der Waals surface area contributed by atoms with Crippen LogP contribution in [0.2, 0.25) is 0 Å². The zero-order chi connectivity index (χ0) is 60.9. The second kappa shape index (κ2) is 17.9.